The summed E-state index contributed by atoms with van der Waals surface area (Å²) in [4.78, 5) is 45.8. The summed E-state index contributed by atoms with van der Waals surface area (Å²) in [6.07, 6.45) is 3.78. The van der Waals surface area contributed by atoms with Gasteiger partial charge in [-0.25, -0.2) is 0 Å². The van der Waals surface area contributed by atoms with Crippen molar-refractivity contribution in [3.8, 4) is 0 Å². The molecule has 0 bridgehead atoms. The van der Waals surface area contributed by atoms with Crippen LogP contribution in [0.3, 0.4) is 0 Å². The summed E-state index contributed by atoms with van der Waals surface area (Å²) in [5, 5.41) is 3.65. The molecule has 7 heteroatoms. The molecule has 4 atom stereocenters. The van der Waals surface area contributed by atoms with Crippen LogP contribution in [0.4, 0.5) is 5.69 Å². The van der Waals surface area contributed by atoms with Crippen LogP contribution in [-0.2, 0) is 10.2 Å². The lowest BCUT2D eigenvalue weighted by molar-refractivity contribution is -0.122. The van der Waals surface area contributed by atoms with Crippen LogP contribution in [0.25, 0.3) is 6.08 Å². The van der Waals surface area contributed by atoms with Gasteiger partial charge in [0.05, 0.1) is 17.0 Å². The molecule has 0 radical (unpaired) electrons. The van der Waals surface area contributed by atoms with Crippen LogP contribution in [0.15, 0.2) is 97.2 Å². The van der Waals surface area contributed by atoms with Crippen molar-refractivity contribution in [2.24, 2.45) is 5.92 Å². The third kappa shape index (κ3) is 3.66. The van der Waals surface area contributed by atoms with E-state index >= 15 is 0 Å². The van der Waals surface area contributed by atoms with Crippen LogP contribution in [0.1, 0.15) is 49.0 Å². The Bertz CT molecular complexity index is 1800. The van der Waals surface area contributed by atoms with Crippen molar-refractivity contribution in [3.05, 3.63) is 141 Å². The predicted octanol–water partition coefficient (Wildman–Crippen LogP) is 7.28. The van der Waals surface area contributed by atoms with E-state index < -0.39 is 23.4 Å². The van der Waals surface area contributed by atoms with Crippen LogP contribution in [0.5, 0.6) is 0 Å². The fourth-order valence-electron chi connectivity index (χ4n) is 6.91. The zero-order chi connectivity index (χ0) is 28.5. The lowest BCUT2D eigenvalue weighted by atomic mass is 9.62. The molecular formula is C34H24Cl2N2O3. The second kappa shape index (κ2) is 9.44. The average molecular weight is 579 g/mol. The Kier molecular flexibility index (Phi) is 5.93. The number of amides is 1. The van der Waals surface area contributed by atoms with Gasteiger partial charge in [0.1, 0.15) is 11.5 Å². The number of fused-ring (bicyclic) bond motifs is 6. The maximum Gasteiger partial charge on any atom is 0.238 e. The topological polar surface area (TPSA) is 66.5 Å². The second-order valence-electron chi connectivity index (χ2n) is 10.8. The third-order valence-corrected chi connectivity index (χ3v) is 9.20. The average Bonchev–Trinajstić information content (AvgIpc) is 3.45. The number of nitrogens with zero attached hydrogens (tertiary/aromatic N) is 1. The van der Waals surface area contributed by atoms with Gasteiger partial charge in [0.2, 0.25) is 5.91 Å². The maximum atomic E-state index is 14.8. The van der Waals surface area contributed by atoms with Gasteiger partial charge in [-0.05, 0) is 54.0 Å². The molecule has 7 rings (SSSR count). The van der Waals surface area contributed by atoms with Crippen molar-refractivity contribution < 1.29 is 14.4 Å². The minimum absolute atomic E-state index is 0.194. The lowest BCUT2D eigenvalue weighted by Gasteiger charge is -2.38. The van der Waals surface area contributed by atoms with Crippen LogP contribution in [-0.4, -0.2) is 28.4 Å². The van der Waals surface area contributed by atoms with Crippen molar-refractivity contribution in [1.82, 2.24) is 4.90 Å². The summed E-state index contributed by atoms with van der Waals surface area (Å²) in [5.74, 6) is -1.99. The van der Waals surface area contributed by atoms with Crippen molar-refractivity contribution in [2.45, 2.75) is 24.4 Å². The summed E-state index contributed by atoms with van der Waals surface area (Å²) in [6, 6.07) is 25.6. The first kappa shape index (κ1) is 25.8. The third-order valence-electron chi connectivity index (χ3n) is 8.65. The van der Waals surface area contributed by atoms with Gasteiger partial charge in [-0.3, -0.25) is 14.4 Å². The highest BCUT2D eigenvalue weighted by Gasteiger charge is 2.70. The van der Waals surface area contributed by atoms with Gasteiger partial charge < -0.3 is 10.2 Å². The van der Waals surface area contributed by atoms with Crippen LogP contribution >= 0.6 is 23.2 Å². The Morgan fingerprint density at radius 1 is 0.878 bits per heavy atom. The highest BCUT2D eigenvalue weighted by molar-refractivity contribution is 6.37. The minimum atomic E-state index is -1.39. The summed E-state index contributed by atoms with van der Waals surface area (Å²) in [6.45, 7) is 1.95. The van der Waals surface area contributed by atoms with E-state index in [4.69, 9.17) is 23.2 Å². The van der Waals surface area contributed by atoms with E-state index in [1.54, 1.807) is 24.3 Å². The zero-order valence-electron chi connectivity index (χ0n) is 22.0. The molecular weight excluding hydrogens is 555 g/mol. The zero-order valence-corrected chi connectivity index (χ0v) is 23.5. The molecule has 0 aliphatic carbocycles. The Labute approximate surface area is 247 Å². The first-order valence-electron chi connectivity index (χ1n) is 13.4. The molecule has 0 aromatic heterocycles. The summed E-state index contributed by atoms with van der Waals surface area (Å²) < 4.78 is 0. The highest BCUT2D eigenvalue weighted by Crippen LogP contribution is 2.62. The summed E-state index contributed by atoms with van der Waals surface area (Å²) >= 11 is 12.7. The standard InChI is InChI=1S/C34H24Cl2N2O3/c1-19-10-12-21(13-11-19)30(39)28-29(31(40)24-15-14-22(35)18-26(24)36)38-17-16-20-6-2-3-7-23(20)32(38)34(28)25-8-4-5-9-27(25)37-33(34)41/h2-18,28-29,32H,1H3,(H,37,41)/t28-,29+,32-,34-/m1/s1. The van der Waals surface area contributed by atoms with Crippen molar-refractivity contribution in [1.29, 1.82) is 0 Å². The number of carbonyl (C=O) groups is 3. The molecule has 1 N–H and O–H groups in total. The molecule has 4 aromatic carbocycles. The smallest absolute Gasteiger partial charge is 0.238 e. The van der Waals surface area contributed by atoms with Crippen LogP contribution < -0.4 is 5.32 Å². The molecule has 4 aromatic rings. The molecule has 41 heavy (non-hydrogen) atoms. The Morgan fingerprint density at radius 3 is 2.39 bits per heavy atom. The fourth-order valence-corrected chi connectivity index (χ4v) is 7.42. The first-order chi connectivity index (χ1) is 19.8. The molecule has 1 amide bonds. The predicted molar refractivity (Wildman–Crippen MR) is 160 cm³/mol. The Hall–Kier alpha value is -4.19. The number of nitrogens with one attached hydrogen (secondary N) is 1. The molecule has 3 heterocycles. The van der Waals surface area contributed by atoms with E-state index in [0.717, 1.165) is 16.7 Å². The minimum Gasteiger partial charge on any atom is -0.358 e. The normalized spacial score (nSPS) is 23.6. The van der Waals surface area contributed by atoms with E-state index in [2.05, 4.69) is 5.32 Å². The number of hydrogen-bond donors (Lipinski definition) is 1. The molecule has 3 aliphatic rings. The molecule has 202 valence electrons. The highest BCUT2D eigenvalue weighted by atomic mass is 35.5. The molecule has 1 spiro atoms. The van der Waals surface area contributed by atoms with Crippen LogP contribution in [0, 0.1) is 12.8 Å². The number of carbonyl (C=O) groups excluding carboxylic acids is 3. The molecule has 3 aliphatic heterocycles. The molecule has 0 saturated carbocycles. The number of hydrogen-bond acceptors (Lipinski definition) is 4. The van der Waals surface area contributed by atoms with E-state index in [1.807, 2.05) is 84.8 Å². The summed E-state index contributed by atoms with van der Waals surface area (Å²) in [5.41, 5.74) is 3.45. The monoisotopic (exact) mass is 578 g/mol. The van der Waals surface area contributed by atoms with E-state index in [0.29, 0.717) is 21.8 Å². The first-order valence-corrected chi connectivity index (χ1v) is 14.1. The van der Waals surface area contributed by atoms with Gasteiger partial charge in [0, 0.05) is 28.0 Å². The van der Waals surface area contributed by atoms with Crippen LogP contribution in [0.2, 0.25) is 10.0 Å². The molecule has 1 saturated heterocycles. The Balaban J connectivity index is 1.54. The van der Waals surface area contributed by atoms with Gasteiger partial charge in [-0.2, -0.15) is 0 Å². The molecule has 5 nitrogen and oxygen atoms in total. The maximum absolute atomic E-state index is 14.8. The van der Waals surface area contributed by atoms with Gasteiger partial charge >= 0.3 is 0 Å². The largest absolute Gasteiger partial charge is 0.358 e. The van der Waals surface area contributed by atoms with Gasteiger partial charge in [0.15, 0.2) is 11.6 Å². The number of ketones is 2. The van der Waals surface area contributed by atoms with E-state index in [-0.39, 0.29) is 28.1 Å². The number of anilines is 1. The lowest BCUT2D eigenvalue weighted by Crippen LogP contribution is -2.49. The molecule has 0 unspecified atom stereocenters. The fraction of sp³-hybridized carbons (Fsp3) is 0.147. The second-order valence-corrected chi connectivity index (χ2v) is 11.6. The summed E-state index contributed by atoms with van der Waals surface area (Å²) in [7, 11) is 0. The van der Waals surface area contributed by atoms with Gasteiger partial charge in [-0.1, -0.05) is 95.5 Å². The molecule has 1 fully saturated rings. The van der Waals surface area contributed by atoms with E-state index in [1.165, 1.54) is 6.07 Å². The van der Waals surface area contributed by atoms with Gasteiger partial charge in [0.25, 0.3) is 0 Å². The SMILES string of the molecule is Cc1ccc(C(=O)[C@H]2[C@@H](C(=O)c3ccc(Cl)cc3Cl)N3C=Cc4ccccc4[C@@H]3[C@]23C(=O)Nc2ccccc23)cc1. The number of rotatable bonds is 4. The quantitative estimate of drug-likeness (QED) is 0.258. The number of halogens is 2. The number of Topliss-reactive ketones (excluding diaryl/α,β-unsaturated/α-hetero) is 2. The number of benzene rings is 4. The van der Waals surface area contributed by atoms with Crippen molar-refractivity contribution >= 4 is 52.4 Å². The van der Waals surface area contributed by atoms with Crippen molar-refractivity contribution in [2.75, 3.05) is 5.32 Å². The Morgan fingerprint density at radius 2 is 1.61 bits per heavy atom. The number of aryl methyl sites for hydroxylation is 1. The number of para-hydroxylation sites is 1. The van der Waals surface area contributed by atoms with Crippen molar-refractivity contribution in [3.63, 3.8) is 0 Å². The van der Waals surface area contributed by atoms with E-state index in [9.17, 15) is 14.4 Å². The van der Waals surface area contributed by atoms with Gasteiger partial charge in [-0.15, -0.1) is 0 Å².